The standard InChI is InChI=1S/C35H48N6O/c1-33(2,3)41-24-28(22-38-41)27-13-20-36-31(21-27)40(32(42)26-9-7-6-8-10-26)25-34-14-17-35(18-15-34,19-16-34)29-11-12-30(37-23-29)39(4)5/h11-13,20-24,26H,6-10,14-19,25H2,1-5H3. The van der Waals surface area contributed by atoms with E-state index in [2.05, 4.69) is 66.3 Å². The highest BCUT2D eigenvalue weighted by Gasteiger charge is 2.50. The molecule has 3 heterocycles. The van der Waals surface area contributed by atoms with Crippen LogP contribution in [-0.4, -0.2) is 46.3 Å². The molecule has 0 spiro atoms. The maximum absolute atomic E-state index is 14.3. The molecular weight excluding hydrogens is 520 g/mol. The third-order valence-electron chi connectivity index (χ3n) is 10.6. The number of rotatable bonds is 7. The van der Waals surface area contributed by atoms with E-state index < -0.39 is 0 Å². The molecule has 7 heteroatoms. The normalized spacial score (nSPS) is 24.5. The van der Waals surface area contributed by atoms with E-state index in [0.717, 1.165) is 74.3 Å². The summed E-state index contributed by atoms with van der Waals surface area (Å²) in [5.74, 6) is 2.20. The van der Waals surface area contributed by atoms with Gasteiger partial charge in [-0.15, -0.1) is 0 Å². The van der Waals surface area contributed by atoms with Crippen molar-refractivity contribution in [3.63, 3.8) is 0 Å². The minimum Gasteiger partial charge on any atom is -0.363 e. The predicted octanol–water partition coefficient (Wildman–Crippen LogP) is 7.37. The van der Waals surface area contributed by atoms with Gasteiger partial charge in [-0.05, 0) is 112 Å². The summed E-state index contributed by atoms with van der Waals surface area (Å²) in [5.41, 5.74) is 3.81. The van der Waals surface area contributed by atoms with Crippen LogP contribution in [0.4, 0.5) is 11.6 Å². The Labute approximate surface area is 251 Å². The van der Waals surface area contributed by atoms with E-state index in [0.29, 0.717) is 0 Å². The fourth-order valence-electron chi connectivity index (χ4n) is 7.66. The van der Waals surface area contributed by atoms with E-state index in [1.807, 2.05) is 37.2 Å². The number of fused-ring (bicyclic) bond motifs is 3. The molecule has 3 aromatic heterocycles. The largest absolute Gasteiger partial charge is 0.363 e. The molecule has 0 unspecified atom stereocenters. The molecule has 4 saturated carbocycles. The highest BCUT2D eigenvalue weighted by Crippen LogP contribution is 2.58. The van der Waals surface area contributed by atoms with Crippen LogP contribution < -0.4 is 9.80 Å². The van der Waals surface area contributed by atoms with Gasteiger partial charge in [-0.2, -0.15) is 5.10 Å². The van der Waals surface area contributed by atoms with Crippen molar-refractivity contribution >= 4 is 17.5 Å². The zero-order valence-corrected chi connectivity index (χ0v) is 26.3. The van der Waals surface area contributed by atoms with Gasteiger partial charge < -0.3 is 4.90 Å². The SMILES string of the molecule is CN(C)c1ccc(C23CCC(CN(C(=O)C4CCCCC4)c4cc(-c5cnn(C(C)(C)C)c5)ccn4)(CC2)CC3)cn1. The Hall–Kier alpha value is -3.22. The maximum atomic E-state index is 14.3. The summed E-state index contributed by atoms with van der Waals surface area (Å²) in [6, 6.07) is 8.63. The van der Waals surface area contributed by atoms with Crippen molar-refractivity contribution < 1.29 is 4.79 Å². The summed E-state index contributed by atoms with van der Waals surface area (Å²) in [4.78, 5) is 28.0. The first-order chi connectivity index (χ1) is 20.1. The van der Waals surface area contributed by atoms with Crippen LogP contribution >= 0.6 is 0 Å². The number of hydrogen-bond donors (Lipinski definition) is 0. The summed E-state index contributed by atoms with van der Waals surface area (Å²) >= 11 is 0. The molecular formula is C35H48N6O. The molecule has 4 aliphatic carbocycles. The number of carbonyl (C=O) groups is 1. The van der Waals surface area contributed by atoms with Crippen LogP contribution in [0.15, 0.2) is 49.1 Å². The summed E-state index contributed by atoms with van der Waals surface area (Å²) < 4.78 is 2.01. The Morgan fingerprint density at radius 3 is 2.21 bits per heavy atom. The monoisotopic (exact) mass is 568 g/mol. The van der Waals surface area contributed by atoms with Crippen LogP contribution in [0.1, 0.15) is 97.0 Å². The lowest BCUT2D eigenvalue weighted by molar-refractivity contribution is -0.124. The number of hydrogen-bond acceptors (Lipinski definition) is 5. The second-order valence-electron chi connectivity index (χ2n) is 14.6. The Bertz CT molecular complexity index is 1370. The molecule has 0 aromatic carbocycles. The lowest BCUT2D eigenvalue weighted by Gasteiger charge is -2.55. The second-order valence-corrected chi connectivity index (χ2v) is 14.6. The molecule has 42 heavy (non-hydrogen) atoms. The van der Waals surface area contributed by atoms with Gasteiger partial charge in [0.1, 0.15) is 11.6 Å². The van der Waals surface area contributed by atoms with Gasteiger partial charge in [-0.3, -0.25) is 14.4 Å². The van der Waals surface area contributed by atoms with Crippen molar-refractivity contribution in [1.29, 1.82) is 0 Å². The lowest BCUT2D eigenvalue weighted by atomic mass is 9.52. The molecule has 0 aliphatic heterocycles. The molecule has 0 saturated heterocycles. The third-order valence-corrected chi connectivity index (χ3v) is 10.6. The molecule has 0 radical (unpaired) electrons. The van der Waals surface area contributed by atoms with Gasteiger partial charge in [-0.25, -0.2) is 9.97 Å². The van der Waals surface area contributed by atoms with Gasteiger partial charge in [0, 0.05) is 50.7 Å². The summed E-state index contributed by atoms with van der Waals surface area (Å²) in [6.45, 7) is 7.24. The number of amides is 1. The van der Waals surface area contributed by atoms with Crippen molar-refractivity contribution in [3.05, 3.63) is 54.6 Å². The fraction of sp³-hybridized carbons (Fsp3) is 0.600. The average Bonchev–Trinajstić information content (AvgIpc) is 3.53. The molecule has 0 N–H and O–H groups in total. The van der Waals surface area contributed by atoms with Crippen molar-refractivity contribution in [2.24, 2.45) is 11.3 Å². The Morgan fingerprint density at radius 1 is 0.905 bits per heavy atom. The molecule has 7 rings (SSSR count). The van der Waals surface area contributed by atoms with E-state index >= 15 is 0 Å². The van der Waals surface area contributed by atoms with Gasteiger partial charge in [0.05, 0.1) is 11.7 Å². The van der Waals surface area contributed by atoms with Crippen molar-refractivity contribution in [1.82, 2.24) is 19.7 Å². The molecule has 224 valence electrons. The minimum absolute atomic E-state index is 0.0854. The molecule has 1 amide bonds. The van der Waals surface area contributed by atoms with E-state index in [1.54, 1.807) is 0 Å². The zero-order valence-electron chi connectivity index (χ0n) is 26.3. The molecule has 4 fully saturated rings. The highest BCUT2D eigenvalue weighted by molar-refractivity contribution is 5.95. The van der Waals surface area contributed by atoms with Crippen molar-refractivity contribution in [2.75, 3.05) is 30.4 Å². The number of pyridine rings is 2. The number of anilines is 2. The first-order valence-electron chi connectivity index (χ1n) is 16.0. The summed E-state index contributed by atoms with van der Waals surface area (Å²) in [6.07, 6.45) is 20.5. The van der Waals surface area contributed by atoms with Crippen LogP contribution in [0.5, 0.6) is 0 Å². The number of aromatic nitrogens is 4. The smallest absolute Gasteiger partial charge is 0.231 e. The van der Waals surface area contributed by atoms with Crippen LogP contribution in [-0.2, 0) is 15.7 Å². The van der Waals surface area contributed by atoms with Crippen molar-refractivity contribution in [3.8, 4) is 11.1 Å². The molecule has 2 bridgehead atoms. The van der Waals surface area contributed by atoms with E-state index in [9.17, 15) is 4.79 Å². The van der Waals surface area contributed by atoms with Gasteiger partial charge in [0.15, 0.2) is 0 Å². The van der Waals surface area contributed by atoms with Crippen LogP contribution in [0.3, 0.4) is 0 Å². The molecule has 3 aromatic rings. The number of nitrogens with zero attached hydrogens (tertiary/aromatic N) is 6. The first kappa shape index (κ1) is 28.9. The third kappa shape index (κ3) is 5.59. The van der Waals surface area contributed by atoms with E-state index in [-0.39, 0.29) is 28.2 Å². The lowest BCUT2D eigenvalue weighted by Crippen LogP contribution is -2.51. The predicted molar refractivity (Wildman–Crippen MR) is 170 cm³/mol. The minimum atomic E-state index is -0.0854. The van der Waals surface area contributed by atoms with Crippen LogP contribution in [0.25, 0.3) is 11.1 Å². The molecule has 7 nitrogen and oxygen atoms in total. The second kappa shape index (κ2) is 11.1. The fourth-order valence-corrected chi connectivity index (χ4v) is 7.66. The van der Waals surface area contributed by atoms with Gasteiger partial charge >= 0.3 is 0 Å². The van der Waals surface area contributed by atoms with Gasteiger partial charge in [0.2, 0.25) is 5.91 Å². The van der Waals surface area contributed by atoms with Crippen LogP contribution in [0.2, 0.25) is 0 Å². The summed E-state index contributed by atoms with van der Waals surface area (Å²) in [7, 11) is 4.08. The molecule has 4 aliphatic rings. The van der Waals surface area contributed by atoms with Gasteiger partial charge in [-0.1, -0.05) is 25.3 Å². The average molecular weight is 569 g/mol. The quantitative estimate of drug-likeness (QED) is 0.298. The van der Waals surface area contributed by atoms with E-state index in [4.69, 9.17) is 9.97 Å². The van der Waals surface area contributed by atoms with Gasteiger partial charge in [0.25, 0.3) is 0 Å². The first-order valence-corrected chi connectivity index (χ1v) is 16.0. The van der Waals surface area contributed by atoms with Crippen molar-refractivity contribution in [2.45, 2.75) is 102 Å². The maximum Gasteiger partial charge on any atom is 0.231 e. The Kier molecular flexibility index (Phi) is 7.65. The Morgan fingerprint density at radius 2 is 1.62 bits per heavy atom. The summed E-state index contributed by atoms with van der Waals surface area (Å²) in [5, 5.41) is 4.62. The highest BCUT2D eigenvalue weighted by atomic mass is 16.2. The van der Waals surface area contributed by atoms with Crippen LogP contribution in [0, 0.1) is 11.3 Å². The topological polar surface area (TPSA) is 67.2 Å². The van der Waals surface area contributed by atoms with E-state index in [1.165, 1.54) is 31.2 Å². The molecule has 0 atom stereocenters. The zero-order chi connectivity index (χ0) is 29.5. The Balaban J connectivity index is 1.26. The number of carbonyl (C=O) groups excluding carboxylic acids is 1.